The number of anilines is 1. The number of allylic oxidation sites excluding steroid dienone is 1. The van der Waals surface area contributed by atoms with Crippen LogP contribution in [0.5, 0.6) is 0 Å². The van der Waals surface area contributed by atoms with Crippen LogP contribution in [-0.4, -0.2) is 21.0 Å². The normalized spacial score (nSPS) is 16.1. The zero-order chi connectivity index (χ0) is 19.2. The van der Waals surface area contributed by atoms with Crippen LogP contribution in [0.3, 0.4) is 0 Å². The molecule has 4 rings (SSSR count). The minimum atomic E-state index is -0.348. The van der Waals surface area contributed by atoms with Crippen molar-refractivity contribution in [1.29, 1.82) is 0 Å². The molecule has 0 aromatic carbocycles. The molecule has 5 nitrogen and oxygen atoms in total. The fourth-order valence-electron chi connectivity index (χ4n) is 2.67. The van der Waals surface area contributed by atoms with Gasteiger partial charge in [-0.3, -0.25) is 4.98 Å². The van der Waals surface area contributed by atoms with E-state index in [0.717, 1.165) is 22.2 Å². The third kappa shape index (κ3) is 5.22. The number of nitrogens with zero attached hydrogens (tertiary/aromatic N) is 3. The summed E-state index contributed by atoms with van der Waals surface area (Å²) in [5.41, 5.74) is 7.98. The highest BCUT2D eigenvalue weighted by Crippen LogP contribution is 2.30. The number of nitrogens with two attached hydrogens (primary N) is 1. The Labute approximate surface area is 166 Å². The second-order valence-corrected chi connectivity index (χ2v) is 7.52. The smallest absolute Gasteiger partial charge is 0.224 e. The summed E-state index contributed by atoms with van der Waals surface area (Å²) in [4.78, 5) is 12.1. The molecule has 3 N–H and O–H groups in total. The zero-order valence-corrected chi connectivity index (χ0v) is 16.5. The summed E-state index contributed by atoms with van der Waals surface area (Å²) >= 11 is 7.46. The monoisotopic (exact) mass is 405 g/mol. The maximum absolute atomic E-state index is 13.5. The van der Waals surface area contributed by atoms with Crippen molar-refractivity contribution in [2.45, 2.75) is 38.8 Å². The SMILES string of the molecule is Cc1csc2c(NCc3ccncc3F)nc(Cl)nc12.NC1CC=CCC1. The Hall–Kier alpha value is -2.09. The highest BCUT2D eigenvalue weighted by Gasteiger charge is 2.11. The molecule has 0 aliphatic heterocycles. The molecule has 0 saturated carbocycles. The molecule has 3 aromatic heterocycles. The average molecular weight is 406 g/mol. The second-order valence-electron chi connectivity index (χ2n) is 6.30. The van der Waals surface area contributed by atoms with Gasteiger partial charge >= 0.3 is 0 Å². The summed E-state index contributed by atoms with van der Waals surface area (Å²) in [6.45, 7) is 2.28. The Morgan fingerprint density at radius 1 is 1.37 bits per heavy atom. The van der Waals surface area contributed by atoms with Crippen LogP contribution in [0.1, 0.15) is 30.4 Å². The number of halogens is 2. The number of pyridine rings is 1. The molecule has 1 atom stereocenters. The summed E-state index contributed by atoms with van der Waals surface area (Å²) in [5, 5.41) is 5.28. The number of aryl methyl sites for hydroxylation is 1. The van der Waals surface area contributed by atoms with Gasteiger partial charge < -0.3 is 11.1 Å². The van der Waals surface area contributed by atoms with E-state index in [2.05, 4.69) is 32.4 Å². The van der Waals surface area contributed by atoms with E-state index in [-0.39, 0.29) is 11.1 Å². The van der Waals surface area contributed by atoms with Gasteiger partial charge in [0.05, 0.1) is 16.4 Å². The van der Waals surface area contributed by atoms with E-state index >= 15 is 0 Å². The van der Waals surface area contributed by atoms with E-state index in [9.17, 15) is 4.39 Å². The van der Waals surface area contributed by atoms with Crippen LogP contribution in [0.4, 0.5) is 10.2 Å². The van der Waals surface area contributed by atoms with Gasteiger partial charge in [-0.05, 0) is 54.8 Å². The minimum absolute atomic E-state index is 0.178. The predicted molar refractivity (Wildman–Crippen MR) is 110 cm³/mol. The Morgan fingerprint density at radius 2 is 2.22 bits per heavy atom. The molecule has 0 saturated heterocycles. The first-order valence-electron chi connectivity index (χ1n) is 8.68. The zero-order valence-electron chi connectivity index (χ0n) is 15.0. The van der Waals surface area contributed by atoms with E-state index in [4.69, 9.17) is 17.3 Å². The van der Waals surface area contributed by atoms with Crippen LogP contribution >= 0.6 is 22.9 Å². The van der Waals surface area contributed by atoms with Crippen LogP contribution in [0.25, 0.3) is 10.2 Å². The Bertz CT molecular complexity index is 943. The van der Waals surface area contributed by atoms with Crippen molar-refractivity contribution in [2.75, 3.05) is 5.32 Å². The van der Waals surface area contributed by atoms with Gasteiger partial charge in [-0.1, -0.05) is 12.2 Å². The molecule has 1 aliphatic rings. The number of fused-ring (bicyclic) bond motifs is 1. The second kappa shape index (κ2) is 9.21. The lowest BCUT2D eigenvalue weighted by molar-refractivity contribution is 0.606. The van der Waals surface area contributed by atoms with Crippen LogP contribution in [-0.2, 0) is 6.54 Å². The van der Waals surface area contributed by atoms with Crippen molar-refractivity contribution < 1.29 is 4.39 Å². The van der Waals surface area contributed by atoms with Crippen LogP contribution in [0, 0.1) is 12.7 Å². The maximum atomic E-state index is 13.5. The van der Waals surface area contributed by atoms with E-state index in [1.165, 1.54) is 30.4 Å². The molecule has 0 spiro atoms. The first-order valence-corrected chi connectivity index (χ1v) is 9.94. The van der Waals surface area contributed by atoms with Gasteiger partial charge in [0, 0.05) is 24.3 Å². The van der Waals surface area contributed by atoms with Gasteiger partial charge in [-0.2, -0.15) is 4.98 Å². The molecule has 0 radical (unpaired) electrons. The summed E-state index contributed by atoms with van der Waals surface area (Å²) in [5.74, 6) is 0.271. The first-order chi connectivity index (χ1) is 13.0. The minimum Gasteiger partial charge on any atom is -0.365 e. The standard InChI is InChI=1S/C13H10ClFN4S.C6H11N/c1-7-6-20-11-10(7)18-13(14)19-12(11)17-4-8-2-3-16-5-9(8)15;7-6-4-2-1-3-5-6/h2-3,5-6H,4H2,1H3,(H,17,18,19);1-2,6H,3-5,7H2. The Morgan fingerprint density at radius 3 is 2.89 bits per heavy atom. The molecular weight excluding hydrogens is 385 g/mol. The van der Waals surface area contributed by atoms with Crippen molar-refractivity contribution in [3.05, 3.63) is 58.2 Å². The summed E-state index contributed by atoms with van der Waals surface area (Å²) in [6, 6.07) is 2.08. The van der Waals surface area contributed by atoms with Crippen molar-refractivity contribution in [3.8, 4) is 0 Å². The predicted octanol–water partition coefficient (Wildman–Crippen LogP) is 4.85. The number of thiophene rings is 1. The van der Waals surface area contributed by atoms with Gasteiger partial charge in [-0.25, -0.2) is 9.37 Å². The molecule has 0 amide bonds. The van der Waals surface area contributed by atoms with Gasteiger partial charge in [0.1, 0.15) is 11.6 Å². The summed E-state index contributed by atoms with van der Waals surface area (Å²) < 4.78 is 14.4. The van der Waals surface area contributed by atoms with E-state index < -0.39 is 0 Å². The fourth-order valence-corrected chi connectivity index (χ4v) is 3.79. The molecule has 0 bridgehead atoms. The average Bonchev–Trinajstić information content (AvgIpc) is 3.03. The Kier molecular flexibility index (Phi) is 6.71. The molecule has 0 fully saturated rings. The number of rotatable bonds is 3. The number of aromatic nitrogens is 3. The molecule has 3 aromatic rings. The van der Waals surface area contributed by atoms with Crippen molar-refractivity contribution in [3.63, 3.8) is 0 Å². The highest BCUT2D eigenvalue weighted by atomic mass is 35.5. The third-order valence-corrected chi connectivity index (χ3v) is 5.44. The van der Waals surface area contributed by atoms with Crippen molar-refractivity contribution in [1.82, 2.24) is 15.0 Å². The molecular formula is C19H21ClFN5S. The number of nitrogens with one attached hydrogen (secondary N) is 1. The largest absolute Gasteiger partial charge is 0.365 e. The third-order valence-electron chi connectivity index (χ3n) is 4.18. The lowest BCUT2D eigenvalue weighted by atomic mass is 10.0. The molecule has 3 heterocycles. The van der Waals surface area contributed by atoms with Gasteiger partial charge in [0.2, 0.25) is 5.28 Å². The van der Waals surface area contributed by atoms with Crippen molar-refractivity contribution in [2.24, 2.45) is 5.73 Å². The quantitative estimate of drug-likeness (QED) is 0.481. The van der Waals surface area contributed by atoms with Crippen LogP contribution in [0.15, 0.2) is 36.0 Å². The molecule has 142 valence electrons. The Balaban J connectivity index is 0.000000253. The molecule has 8 heteroatoms. The molecule has 1 aliphatic carbocycles. The number of hydrogen-bond donors (Lipinski definition) is 2. The number of hydrogen-bond acceptors (Lipinski definition) is 6. The van der Waals surface area contributed by atoms with Crippen LogP contribution in [0.2, 0.25) is 5.28 Å². The molecule has 1 unspecified atom stereocenters. The topological polar surface area (TPSA) is 76.7 Å². The lowest BCUT2D eigenvalue weighted by Gasteiger charge is -2.09. The van der Waals surface area contributed by atoms with Crippen molar-refractivity contribution >= 4 is 39.0 Å². The highest BCUT2D eigenvalue weighted by molar-refractivity contribution is 7.18. The van der Waals surface area contributed by atoms with Crippen LogP contribution < -0.4 is 11.1 Å². The first kappa shape index (κ1) is 19.7. The van der Waals surface area contributed by atoms with Gasteiger partial charge in [0.15, 0.2) is 0 Å². The van der Waals surface area contributed by atoms with E-state index in [1.54, 1.807) is 12.3 Å². The summed E-state index contributed by atoms with van der Waals surface area (Å²) in [7, 11) is 0. The molecule has 27 heavy (non-hydrogen) atoms. The van der Waals surface area contributed by atoms with Gasteiger partial charge in [-0.15, -0.1) is 11.3 Å². The lowest BCUT2D eigenvalue weighted by Crippen LogP contribution is -2.19. The summed E-state index contributed by atoms with van der Waals surface area (Å²) in [6.07, 6.45) is 10.5. The maximum Gasteiger partial charge on any atom is 0.224 e. The van der Waals surface area contributed by atoms with Gasteiger partial charge in [0.25, 0.3) is 0 Å². The van der Waals surface area contributed by atoms with E-state index in [1.807, 2.05) is 12.3 Å². The fraction of sp³-hybridized carbons (Fsp3) is 0.316. The van der Waals surface area contributed by atoms with E-state index in [0.29, 0.717) is 24.0 Å².